The summed E-state index contributed by atoms with van der Waals surface area (Å²) >= 11 is 12.4. The van der Waals surface area contributed by atoms with Crippen molar-refractivity contribution in [2.24, 2.45) is 0 Å². The Morgan fingerprint density at radius 1 is 1.00 bits per heavy atom. The molecule has 2 atom stereocenters. The van der Waals surface area contributed by atoms with Gasteiger partial charge in [0.25, 0.3) is 0 Å². The van der Waals surface area contributed by atoms with E-state index in [1.54, 1.807) is 0 Å². The molecule has 38 heavy (non-hydrogen) atoms. The molecule has 0 aliphatic heterocycles. The lowest BCUT2D eigenvalue weighted by Crippen LogP contribution is -2.37. The third-order valence-electron chi connectivity index (χ3n) is 5.47. The molecule has 0 saturated heterocycles. The minimum Gasteiger partial charge on any atom is -0.385 e. The first kappa shape index (κ1) is 27.8. The minimum atomic E-state index is -5.03. The average Bonchev–Trinajstić information content (AvgIpc) is 3.34. The molecule has 0 amide bonds. The van der Waals surface area contributed by atoms with Gasteiger partial charge in [-0.25, -0.2) is 23.2 Å². The minimum absolute atomic E-state index is 0.119. The molecule has 8 nitrogen and oxygen atoms in total. The Hall–Kier alpha value is -3.26. The summed E-state index contributed by atoms with van der Waals surface area (Å²) in [4.78, 5) is 17.5. The maximum Gasteiger partial charge on any atom is 0.416 e. The fraction of sp³-hybridized carbons (Fsp3) is 0.261. The van der Waals surface area contributed by atoms with Crippen LogP contribution >= 0.6 is 23.2 Å². The van der Waals surface area contributed by atoms with Crippen LogP contribution in [0.5, 0.6) is 0 Å². The van der Waals surface area contributed by atoms with Crippen LogP contribution in [0.2, 0.25) is 10.2 Å². The van der Waals surface area contributed by atoms with Gasteiger partial charge in [0.1, 0.15) is 22.9 Å². The fourth-order valence-corrected chi connectivity index (χ4v) is 4.15. The van der Waals surface area contributed by atoms with Gasteiger partial charge >= 0.3 is 11.9 Å². The molecule has 2 aromatic carbocycles. The third kappa shape index (κ3) is 5.60. The fourth-order valence-electron chi connectivity index (χ4n) is 3.68. The highest BCUT2D eigenvalue weighted by molar-refractivity contribution is 6.32. The van der Waals surface area contributed by atoms with Crippen LogP contribution in [0.3, 0.4) is 0 Å². The van der Waals surface area contributed by atoms with Crippen molar-refractivity contribution >= 4 is 23.2 Å². The molecule has 0 aliphatic rings. The molecule has 4 rings (SSSR count). The molecule has 2 aromatic heterocycles. The quantitative estimate of drug-likeness (QED) is 0.315. The Morgan fingerprint density at radius 3 is 2.16 bits per heavy atom. The maximum absolute atomic E-state index is 13.9. The number of aliphatic hydroxyl groups excluding tert-OH is 2. The summed E-state index contributed by atoms with van der Waals surface area (Å²) in [5, 5.41) is 23.7. The summed E-state index contributed by atoms with van der Waals surface area (Å²) in [5.41, 5.74) is -1.09. The number of rotatable bonds is 7. The van der Waals surface area contributed by atoms with Gasteiger partial charge in [0, 0.05) is 16.7 Å². The van der Waals surface area contributed by atoms with Crippen molar-refractivity contribution in [2.75, 3.05) is 0 Å². The summed E-state index contributed by atoms with van der Waals surface area (Å²) in [6.07, 6.45) is -9.13. The Kier molecular flexibility index (Phi) is 7.66. The standard InChI is InChI=1S/C23H18Cl2F5N5O3/c1-11(36)21-31-18(35(32-21)16-7-14(26)6-15(27)8-16)10-34-20(25)19(12-2-4-13(24)5-3-12)33(22(34)38)9-17(37)23(28,29)30/h2-8,11,17,36-37H,9-10H2,1H3. The van der Waals surface area contributed by atoms with E-state index in [-0.39, 0.29) is 33.7 Å². The highest BCUT2D eigenvalue weighted by atomic mass is 35.5. The molecule has 2 N–H and O–H groups in total. The number of aliphatic hydroxyl groups is 2. The highest BCUT2D eigenvalue weighted by Crippen LogP contribution is 2.31. The van der Waals surface area contributed by atoms with E-state index in [2.05, 4.69) is 10.1 Å². The summed E-state index contributed by atoms with van der Waals surface area (Å²) in [7, 11) is 0. The number of aromatic nitrogens is 5. The first-order chi connectivity index (χ1) is 17.8. The van der Waals surface area contributed by atoms with E-state index in [4.69, 9.17) is 23.2 Å². The molecule has 2 heterocycles. The Labute approximate surface area is 221 Å². The van der Waals surface area contributed by atoms with Gasteiger partial charge in [0.05, 0.1) is 24.5 Å². The summed E-state index contributed by atoms with van der Waals surface area (Å²) in [6, 6.07) is 8.21. The second kappa shape index (κ2) is 10.5. The summed E-state index contributed by atoms with van der Waals surface area (Å²) in [5.74, 6) is -2.15. The number of imidazole rings is 1. The number of nitrogens with zero attached hydrogens (tertiary/aromatic N) is 5. The van der Waals surface area contributed by atoms with Crippen molar-refractivity contribution < 1.29 is 32.2 Å². The lowest BCUT2D eigenvalue weighted by atomic mass is 10.1. The van der Waals surface area contributed by atoms with Crippen molar-refractivity contribution in [3.63, 3.8) is 0 Å². The van der Waals surface area contributed by atoms with Crippen LogP contribution in [0.1, 0.15) is 24.7 Å². The Bertz CT molecular complexity index is 1510. The summed E-state index contributed by atoms with van der Waals surface area (Å²) < 4.78 is 69.8. The Morgan fingerprint density at radius 2 is 1.61 bits per heavy atom. The van der Waals surface area contributed by atoms with Crippen LogP contribution in [-0.2, 0) is 13.1 Å². The van der Waals surface area contributed by atoms with Crippen molar-refractivity contribution in [1.29, 1.82) is 0 Å². The van der Waals surface area contributed by atoms with Crippen LogP contribution in [0.15, 0.2) is 47.3 Å². The van der Waals surface area contributed by atoms with Crippen molar-refractivity contribution in [1.82, 2.24) is 23.9 Å². The van der Waals surface area contributed by atoms with Gasteiger partial charge in [-0.1, -0.05) is 35.3 Å². The van der Waals surface area contributed by atoms with E-state index >= 15 is 0 Å². The molecule has 202 valence electrons. The molecule has 0 radical (unpaired) electrons. The predicted molar refractivity (Wildman–Crippen MR) is 127 cm³/mol. The van der Waals surface area contributed by atoms with Gasteiger partial charge in [0.2, 0.25) is 0 Å². The number of benzene rings is 2. The second-order valence-electron chi connectivity index (χ2n) is 8.28. The SMILES string of the molecule is CC(O)c1nc(Cn2c(Cl)c(-c3ccc(Cl)cc3)n(CC(O)C(F)(F)F)c2=O)n(-c2cc(F)cc(F)c2)n1. The molecule has 15 heteroatoms. The van der Waals surface area contributed by atoms with E-state index < -0.39 is 48.8 Å². The van der Waals surface area contributed by atoms with Crippen LogP contribution in [0.4, 0.5) is 22.0 Å². The highest BCUT2D eigenvalue weighted by Gasteiger charge is 2.39. The number of alkyl halides is 3. The predicted octanol–water partition coefficient (Wildman–Crippen LogP) is 4.51. The molecule has 4 aromatic rings. The summed E-state index contributed by atoms with van der Waals surface area (Å²) in [6.45, 7) is -0.360. The van der Waals surface area contributed by atoms with Crippen LogP contribution < -0.4 is 5.69 Å². The molecular formula is C23H18Cl2F5N5O3. The Balaban J connectivity index is 1.89. The lowest BCUT2D eigenvalue weighted by Gasteiger charge is -2.16. The molecule has 0 fully saturated rings. The van der Waals surface area contributed by atoms with E-state index in [1.807, 2.05) is 0 Å². The van der Waals surface area contributed by atoms with Crippen molar-refractivity contribution in [3.05, 3.63) is 86.4 Å². The van der Waals surface area contributed by atoms with Gasteiger partial charge in [0.15, 0.2) is 17.8 Å². The van der Waals surface area contributed by atoms with E-state index in [9.17, 15) is 37.0 Å². The number of halogens is 7. The van der Waals surface area contributed by atoms with E-state index in [0.717, 1.165) is 21.4 Å². The van der Waals surface area contributed by atoms with Gasteiger partial charge in [-0.05, 0) is 31.2 Å². The molecule has 2 unspecified atom stereocenters. The zero-order valence-corrected chi connectivity index (χ0v) is 20.8. The lowest BCUT2D eigenvalue weighted by molar-refractivity contribution is -0.207. The smallest absolute Gasteiger partial charge is 0.385 e. The van der Waals surface area contributed by atoms with E-state index in [0.29, 0.717) is 15.7 Å². The van der Waals surface area contributed by atoms with Gasteiger partial charge < -0.3 is 10.2 Å². The van der Waals surface area contributed by atoms with Crippen molar-refractivity contribution in [3.8, 4) is 16.9 Å². The number of hydrogen-bond acceptors (Lipinski definition) is 5. The van der Waals surface area contributed by atoms with Crippen LogP contribution in [-0.4, -0.2) is 46.4 Å². The topological polar surface area (TPSA) is 98.1 Å². The van der Waals surface area contributed by atoms with Gasteiger partial charge in [-0.15, -0.1) is 5.10 Å². The molecule has 0 aliphatic carbocycles. The molecular weight excluding hydrogens is 560 g/mol. The third-order valence-corrected chi connectivity index (χ3v) is 6.11. The van der Waals surface area contributed by atoms with Crippen molar-refractivity contribution in [2.45, 2.75) is 38.4 Å². The normalized spacial score (nSPS) is 13.6. The largest absolute Gasteiger partial charge is 0.416 e. The second-order valence-corrected chi connectivity index (χ2v) is 9.08. The zero-order valence-electron chi connectivity index (χ0n) is 19.3. The zero-order chi connectivity index (χ0) is 27.9. The molecule has 0 saturated carbocycles. The average molecular weight is 578 g/mol. The number of hydrogen-bond donors (Lipinski definition) is 2. The monoisotopic (exact) mass is 577 g/mol. The first-order valence-corrected chi connectivity index (χ1v) is 11.6. The van der Waals surface area contributed by atoms with Gasteiger partial charge in [-0.2, -0.15) is 13.2 Å². The van der Waals surface area contributed by atoms with Crippen LogP contribution in [0.25, 0.3) is 16.9 Å². The van der Waals surface area contributed by atoms with Crippen LogP contribution in [0, 0.1) is 11.6 Å². The first-order valence-electron chi connectivity index (χ1n) is 10.9. The molecule has 0 spiro atoms. The maximum atomic E-state index is 13.9. The van der Waals surface area contributed by atoms with E-state index in [1.165, 1.54) is 31.2 Å². The molecule has 0 bridgehead atoms. The van der Waals surface area contributed by atoms with Gasteiger partial charge in [-0.3, -0.25) is 9.13 Å².